The predicted octanol–water partition coefficient (Wildman–Crippen LogP) is 5.15. The highest BCUT2D eigenvalue weighted by Gasteiger charge is 2.30. The number of methoxy groups -OCH3 is 3. The highest BCUT2D eigenvalue weighted by Crippen LogP contribution is 2.40. The van der Waals surface area contributed by atoms with Crippen molar-refractivity contribution in [3.8, 4) is 17.2 Å². The molecule has 1 atom stereocenters. The number of allylic oxidation sites excluding steroid dienone is 2. The molecule has 2 aliphatic rings. The van der Waals surface area contributed by atoms with Crippen LogP contribution in [0.2, 0.25) is 0 Å². The molecule has 8 heteroatoms. The number of rotatable bonds is 8. The molecule has 7 nitrogen and oxygen atoms in total. The van der Waals surface area contributed by atoms with Crippen molar-refractivity contribution in [3.05, 3.63) is 93.0 Å². The molecule has 3 aromatic rings. The van der Waals surface area contributed by atoms with Crippen LogP contribution in [0, 0.1) is 0 Å². The number of carbonyl (C=O) groups is 1. The SMILES string of the molecule is COc1cc(CN2CCc3cc(C(=O)NC4=CC(C)(c5cccs5)CC=C4N)ccc32)cc(OC)c1OC. The molecule has 0 saturated carbocycles. The fraction of sp³-hybridized carbons (Fsp3) is 0.300. The van der Waals surface area contributed by atoms with Crippen molar-refractivity contribution in [2.45, 2.75) is 31.7 Å². The van der Waals surface area contributed by atoms with E-state index in [0.29, 0.717) is 40.8 Å². The van der Waals surface area contributed by atoms with Crippen molar-refractivity contribution in [2.24, 2.45) is 5.73 Å². The number of amides is 1. The van der Waals surface area contributed by atoms with E-state index in [4.69, 9.17) is 19.9 Å². The Morgan fingerprint density at radius 1 is 1.11 bits per heavy atom. The number of nitrogens with one attached hydrogen (secondary N) is 1. The van der Waals surface area contributed by atoms with E-state index >= 15 is 0 Å². The first-order valence-electron chi connectivity index (χ1n) is 12.6. The second-order valence-corrected chi connectivity index (χ2v) is 10.8. The fourth-order valence-corrected chi connectivity index (χ4v) is 6.07. The summed E-state index contributed by atoms with van der Waals surface area (Å²) in [6.07, 6.45) is 5.75. The van der Waals surface area contributed by atoms with E-state index in [9.17, 15) is 4.79 Å². The fourth-order valence-electron chi connectivity index (χ4n) is 5.19. The highest BCUT2D eigenvalue weighted by atomic mass is 32.1. The van der Waals surface area contributed by atoms with Gasteiger partial charge in [-0.1, -0.05) is 19.1 Å². The third kappa shape index (κ3) is 4.84. The summed E-state index contributed by atoms with van der Waals surface area (Å²) in [5.41, 5.74) is 11.3. The average molecular weight is 532 g/mol. The number of benzene rings is 2. The van der Waals surface area contributed by atoms with Crippen LogP contribution in [-0.2, 0) is 18.4 Å². The molecule has 0 saturated heterocycles. The topological polar surface area (TPSA) is 86.1 Å². The van der Waals surface area contributed by atoms with E-state index in [0.717, 1.165) is 36.2 Å². The van der Waals surface area contributed by atoms with E-state index in [1.807, 2.05) is 36.4 Å². The van der Waals surface area contributed by atoms with Crippen LogP contribution >= 0.6 is 11.3 Å². The Balaban J connectivity index is 1.33. The second-order valence-electron chi connectivity index (χ2n) is 9.82. The number of hydrogen-bond acceptors (Lipinski definition) is 7. The Bertz CT molecular complexity index is 1390. The molecule has 1 aliphatic heterocycles. The minimum atomic E-state index is -0.190. The number of hydrogen-bond donors (Lipinski definition) is 2. The summed E-state index contributed by atoms with van der Waals surface area (Å²) in [5.74, 6) is 1.69. The number of anilines is 1. The van der Waals surface area contributed by atoms with Crippen LogP contribution in [0.1, 0.15) is 39.7 Å². The monoisotopic (exact) mass is 531 g/mol. The molecular weight excluding hydrogens is 498 g/mol. The van der Waals surface area contributed by atoms with Gasteiger partial charge >= 0.3 is 0 Å². The van der Waals surface area contributed by atoms with Crippen molar-refractivity contribution in [3.63, 3.8) is 0 Å². The van der Waals surface area contributed by atoms with Gasteiger partial charge in [-0.05, 0) is 71.8 Å². The number of fused-ring (bicyclic) bond motifs is 1. The van der Waals surface area contributed by atoms with Gasteiger partial charge in [-0.3, -0.25) is 4.79 Å². The lowest BCUT2D eigenvalue weighted by molar-refractivity contribution is 0.0966. The predicted molar refractivity (Wildman–Crippen MR) is 151 cm³/mol. The van der Waals surface area contributed by atoms with Gasteiger partial charge in [0, 0.05) is 34.6 Å². The number of carbonyl (C=O) groups excluding carboxylic acids is 1. The van der Waals surface area contributed by atoms with Crippen molar-refractivity contribution in [1.82, 2.24) is 5.32 Å². The lowest BCUT2D eigenvalue weighted by Gasteiger charge is -2.29. The van der Waals surface area contributed by atoms with Crippen LogP contribution in [0.3, 0.4) is 0 Å². The molecule has 3 N–H and O–H groups in total. The largest absolute Gasteiger partial charge is 0.493 e. The van der Waals surface area contributed by atoms with Gasteiger partial charge in [-0.15, -0.1) is 11.3 Å². The zero-order valence-corrected chi connectivity index (χ0v) is 23.0. The van der Waals surface area contributed by atoms with E-state index in [2.05, 4.69) is 40.7 Å². The van der Waals surface area contributed by atoms with Gasteiger partial charge in [-0.2, -0.15) is 0 Å². The summed E-state index contributed by atoms with van der Waals surface area (Å²) in [4.78, 5) is 16.8. The summed E-state index contributed by atoms with van der Waals surface area (Å²) in [6.45, 7) is 3.72. The molecular formula is C30H33N3O4S. The minimum Gasteiger partial charge on any atom is -0.493 e. The molecule has 5 rings (SSSR count). The maximum absolute atomic E-state index is 13.2. The molecule has 2 heterocycles. The summed E-state index contributed by atoms with van der Waals surface area (Å²) in [5, 5.41) is 5.13. The van der Waals surface area contributed by atoms with Crippen molar-refractivity contribution in [2.75, 3.05) is 32.8 Å². The summed E-state index contributed by atoms with van der Waals surface area (Å²) in [6, 6.07) is 14.0. The quantitative estimate of drug-likeness (QED) is 0.418. The van der Waals surface area contributed by atoms with Gasteiger partial charge in [0.05, 0.1) is 32.7 Å². The first kappa shape index (κ1) is 25.7. The van der Waals surface area contributed by atoms with Crippen molar-refractivity contribution >= 4 is 22.9 Å². The van der Waals surface area contributed by atoms with Crippen LogP contribution in [0.25, 0.3) is 0 Å². The standard InChI is InChI=1S/C30H33N3O4S/c1-30(27-6-5-13-38-27)11-9-22(31)23(17-30)32-29(34)21-7-8-24-20(16-21)10-12-33(24)18-19-14-25(35-2)28(37-4)26(15-19)36-3/h5-9,13-17H,10-12,18,31H2,1-4H3,(H,32,34). The van der Waals surface area contributed by atoms with Crippen LogP contribution in [0.5, 0.6) is 17.2 Å². The molecule has 1 unspecified atom stereocenters. The zero-order valence-electron chi connectivity index (χ0n) is 22.2. The van der Waals surface area contributed by atoms with Gasteiger partial charge < -0.3 is 30.2 Å². The Morgan fingerprint density at radius 2 is 1.87 bits per heavy atom. The number of nitrogens with two attached hydrogens (primary N) is 1. The average Bonchev–Trinajstić information content (AvgIpc) is 3.61. The van der Waals surface area contributed by atoms with E-state index in [1.165, 1.54) is 4.88 Å². The Hall–Kier alpha value is -3.91. The number of nitrogens with zero attached hydrogens (tertiary/aromatic N) is 1. The molecule has 0 radical (unpaired) electrons. The first-order valence-corrected chi connectivity index (χ1v) is 13.4. The Kier molecular flexibility index (Phi) is 7.08. The molecule has 1 amide bonds. The van der Waals surface area contributed by atoms with Crippen LogP contribution < -0.4 is 30.2 Å². The van der Waals surface area contributed by atoms with E-state index < -0.39 is 0 Å². The van der Waals surface area contributed by atoms with E-state index in [-0.39, 0.29) is 11.3 Å². The molecule has 198 valence electrons. The molecule has 0 fully saturated rings. The first-order chi connectivity index (χ1) is 18.3. The zero-order chi connectivity index (χ0) is 26.9. The smallest absolute Gasteiger partial charge is 0.255 e. The third-order valence-corrected chi connectivity index (χ3v) is 8.43. The number of ether oxygens (including phenoxy) is 3. The molecule has 0 spiro atoms. The van der Waals surface area contributed by atoms with Crippen molar-refractivity contribution in [1.29, 1.82) is 0 Å². The maximum Gasteiger partial charge on any atom is 0.255 e. The van der Waals surface area contributed by atoms with Crippen LogP contribution in [0.15, 0.2) is 71.4 Å². The van der Waals surface area contributed by atoms with Gasteiger partial charge in [0.1, 0.15) is 0 Å². The van der Waals surface area contributed by atoms with E-state index in [1.54, 1.807) is 32.7 Å². The van der Waals surface area contributed by atoms with Crippen LogP contribution in [-0.4, -0.2) is 33.8 Å². The van der Waals surface area contributed by atoms with Gasteiger partial charge in [0.2, 0.25) is 5.75 Å². The second kappa shape index (κ2) is 10.5. The van der Waals surface area contributed by atoms with Crippen molar-refractivity contribution < 1.29 is 19.0 Å². The summed E-state index contributed by atoms with van der Waals surface area (Å²) in [7, 11) is 4.84. The Labute approximate surface area is 227 Å². The molecule has 1 aromatic heterocycles. The van der Waals surface area contributed by atoms with Gasteiger partial charge in [-0.25, -0.2) is 0 Å². The molecule has 38 heavy (non-hydrogen) atoms. The number of thiophene rings is 1. The maximum atomic E-state index is 13.2. The normalized spacial score (nSPS) is 18.4. The lowest BCUT2D eigenvalue weighted by Crippen LogP contribution is -2.32. The summed E-state index contributed by atoms with van der Waals surface area (Å²) >= 11 is 1.71. The Morgan fingerprint density at radius 3 is 2.53 bits per heavy atom. The minimum absolute atomic E-state index is 0.158. The lowest BCUT2D eigenvalue weighted by atomic mass is 9.80. The molecule has 0 bridgehead atoms. The van der Waals surface area contributed by atoms with Gasteiger partial charge in [0.25, 0.3) is 5.91 Å². The highest BCUT2D eigenvalue weighted by molar-refractivity contribution is 7.10. The van der Waals surface area contributed by atoms with Gasteiger partial charge in [0.15, 0.2) is 11.5 Å². The molecule has 1 aliphatic carbocycles. The van der Waals surface area contributed by atoms with Crippen LogP contribution in [0.4, 0.5) is 5.69 Å². The summed E-state index contributed by atoms with van der Waals surface area (Å²) < 4.78 is 16.5. The third-order valence-electron chi connectivity index (χ3n) is 7.28. The molecule has 2 aromatic carbocycles.